The number of amides is 2. The molecule has 32 heavy (non-hydrogen) atoms. The summed E-state index contributed by atoms with van der Waals surface area (Å²) in [5, 5.41) is 5.75. The number of ether oxygens (including phenoxy) is 2. The van der Waals surface area contributed by atoms with Crippen LogP contribution in [0.1, 0.15) is 39.1 Å². The van der Waals surface area contributed by atoms with E-state index in [2.05, 4.69) is 10.6 Å². The van der Waals surface area contributed by atoms with E-state index < -0.39 is 0 Å². The van der Waals surface area contributed by atoms with Gasteiger partial charge >= 0.3 is 0 Å². The molecule has 1 fully saturated rings. The minimum Gasteiger partial charge on any atom is -0.489 e. The number of rotatable bonds is 7. The number of hydrogen-bond donors (Lipinski definition) is 2. The second-order valence-corrected chi connectivity index (χ2v) is 7.80. The summed E-state index contributed by atoms with van der Waals surface area (Å²) in [7, 11) is 0. The summed E-state index contributed by atoms with van der Waals surface area (Å²) >= 11 is 0. The van der Waals surface area contributed by atoms with Crippen LogP contribution in [0.25, 0.3) is 0 Å². The van der Waals surface area contributed by atoms with Crippen LogP contribution in [0.2, 0.25) is 0 Å². The summed E-state index contributed by atoms with van der Waals surface area (Å²) < 4.78 is 11.6. The van der Waals surface area contributed by atoms with Crippen LogP contribution in [0, 0.1) is 6.92 Å². The maximum Gasteiger partial charge on any atom is 0.255 e. The van der Waals surface area contributed by atoms with Crippen LogP contribution in [0.15, 0.2) is 72.8 Å². The van der Waals surface area contributed by atoms with Crippen LogP contribution in [-0.4, -0.2) is 31.1 Å². The van der Waals surface area contributed by atoms with E-state index >= 15 is 0 Å². The Morgan fingerprint density at radius 2 is 1.66 bits per heavy atom. The topological polar surface area (TPSA) is 76.7 Å². The Morgan fingerprint density at radius 1 is 0.938 bits per heavy atom. The summed E-state index contributed by atoms with van der Waals surface area (Å²) in [6.45, 7) is 3.21. The summed E-state index contributed by atoms with van der Waals surface area (Å²) in [4.78, 5) is 25.1. The maximum absolute atomic E-state index is 12.8. The zero-order valence-corrected chi connectivity index (χ0v) is 18.0. The lowest BCUT2D eigenvalue weighted by atomic mass is 10.1. The first-order valence-corrected chi connectivity index (χ1v) is 10.7. The monoisotopic (exact) mass is 430 g/mol. The van der Waals surface area contributed by atoms with E-state index in [0.29, 0.717) is 34.9 Å². The fraction of sp³-hybridized carbons (Fsp3) is 0.231. The van der Waals surface area contributed by atoms with Gasteiger partial charge < -0.3 is 20.1 Å². The summed E-state index contributed by atoms with van der Waals surface area (Å²) in [5.41, 5.74) is 3.33. The number of benzene rings is 3. The smallest absolute Gasteiger partial charge is 0.255 e. The first-order chi connectivity index (χ1) is 15.6. The highest BCUT2D eigenvalue weighted by Gasteiger charge is 2.18. The molecule has 164 valence electrons. The Morgan fingerprint density at radius 3 is 2.38 bits per heavy atom. The van der Waals surface area contributed by atoms with E-state index in [1.54, 1.807) is 36.4 Å². The molecule has 0 spiro atoms. The highest BCUT2D eigenvalue weighted by molar-refractivity contribution is 6.06. The number of carbonyl (C=O) groups excluding carboxylic acids is 2. The number of aryl methyl sites for hydroxylation is 1. The summed E-state index contributed by atoms with van der Waals surface area (Å²) in [6, 6.07) is 21.4. The molecule has 1 heterocycles. The van der Waals surface area contributed by atoms with Gasteiger partial charge in [0.25, 0.3) is 11.8 Å². The predicted molar refractivity (Wildman–Crippen MR) is 124 cm³/mol. The molecule has 1 unspecified atom stereocenters. The van der Waals surface area contributed by atoms with Crippen LogP contribution in [0.4, 0.5) is 11.4 Å². The van der Waals surface area contributed by atoms with Gasteiger partial charge in [0, 0.05) is 23.4 Å². The molecule has 6 nitrogen and oxygen atoms in total. The fourth-order valence-electron chi connectivity index (χ4n) is 3.50. The second-order valence-electron chi connectivity index (χ2n) is 7.80. The minimum absolute atomic E-state index is 0.0951. The van der Waals surface area contributed by atoms with E-state index in [4.69, 9.17) is 9.47 Å². The van der Waals surface area contributed by atoms with Gasteiger partial charge in [-0.05, 0) is 73.9 Å². The molecular weight excluding hydrogens is 404 g/mol. The molecule has 1 saturated heterocycles. The Labute approximate surface area is 187 Å². The maximum atomic E-state index is 12.8. The summed E-state index contributed by atoms with van der Waals surface area (Å²) in [6.07, 6.45) is 2.13. The first kappa shape index (κ1) is 21.6. The molecule has 2 N–H and O–H groups in total. The minimum atomic E-state index is -0.253. The molecule has 1 aliphatic rings. The molecule has 0 aliphatic carbocycles. The standard InChI is InChI=1S/C26H26N2O4/c1-18-9-14-23(24(16-18)32-17-22-8-5-15-31-22)28-26(30)20-10-12-21(13-11-20)27-25(29)19-6-3-2-4-7-19/h2-4,6-7,9-14,16,22H,5,8,15,17H2,1H3,(H,27,29)(H,28,30). The van der Waals surface area contributed by atoms with Gasteiger partial charge in [-0.1, -0.05) is 24.3 Å². The van der Waals surface area contributed by atoms with E-state index in [9.17, 15) is 9.59 Å². The van der Waals surface area contributed by atoms with Crippen molar-refractivity contribution in [3.63, 3.8) is 0 Å². The van der Waals surface area contributed by atoms with E-state index in [1.807, 2.05) is 43.3 Å². The molecule has 0 radical (unpaired) electrons. The average Bonchev–Trinajstić information content (AvgIpc) is 3.34. The number of carbonyl (C=O) groups is 2. The van der Waals surface area contributed by atoms with Gasteiger partial charge in [-0.25, -0.2) is 0 Å². The SMILES string of the molecule is Cc1ccc(NC(=O)c2ccc(NC(=O)c3ccccc3)cc2)c(OCC2CCCO2)c1. The van der Waals surface area contributed by atoms with Crippen LogP contribution in [0.3, 0.4) is 0 Å². The molecule has 3 aromatic rings. The number of anilines is 2. The second kappa shape index (κ2) is 10.1. The van der Waals surface area contributed by atoms with Gasteiger partial charge in [0.05, 0.1) is 11.8 Å². The normalized spacial score (nSPS) is 15.2. The summed E-state index contributed by atoms with van der Waals surface area (Å²) in [5.74, 6) is 0.174. The third-order valence-corrected chi connectivity index (χ3v) is 5.27. The predicted octanol–water partition coefficient (Wildman–Crippen LogP) is 5.06. The van der Waals surface area contributed by atoms with Crippen molar-refractivity contribution in [3.8, 4) is 5.75 Å². The van der Waals surface area contributed by atoms with Gasteiger partial charge in [0.1, 0.15) is 12.4 Å². The van der Waals surface area contributed by atoms with Gasteiger partial charge in [-0.15, -0.1) is 0 Å². The van der Waals surface area contributed by atoms with Crippen molar-refractivity contribution < 1.29 is 19.1 Å². The Kier molecular flexibility index (Phi) is 6.82. The lowest BCUT2D eigenvalue weighted by Gasteiger charge is -2.16. The molecule has 6 heteroatoms. The molecule has 2 amide bonds. The molecule has 0 bridgehead atoms. The fourth-order valence-corrected chi connectivity index (χ4v) is 3.50. The lowest BCUT2D eigenvalue weighted by Crippen LogP contribution is -2.18. The van der Waals surface area contributed by atoms with E-state index in [-0.39, 0.29) is 17.9 Å². The zero-order chi connectivity index (χ0) is 22.3. The van der Waals surface area contributed by atoms with Gasteiger partial charge in [-0.3, -0.25) is 9.59 Å². The van der Waals surface area contributed by atoms with Gasteiger partial charge in [0.2, 0.25) is 0 Å². The lowest BCUT2D eigenvalue weighted by molar-refractivity contribution is 0.0681. The van der Waals surface area contributed by atoms with Gasteiger partial charge in [0.15, 0.2) is 0 Å². The largest absolute Gasteiger partial charge is 0.489 e. The highest BCUT2D eigenvalue weighted by Crippen LogP contribution is 2.27. The van der Waals surface area contributed by atoms with Crippen molar-refractivity contribution >= 4 is 23.2 Å². The van der Waals surface area contributed by atoms with Crippen molar-refractivity contribution in [2.24, 2.45) is 0 Å². The molecule has 3 aromatic carbocycles. The third kappa shape index (κ3) is 5.53. The quantitative estimate of drug-likeness (QED) is 0.549. The third-order valence-electron chi connectivity index (χ3n) is 5.27. The van der Waals surface area contributed by atoms with Gasteiger partial charge in [-0.2, -0.15) is 0 Å². The Balaban J connectivity index is 1.39. The van der Waals surface area contributed by atoms with Crippen LogP contribution < -0.4 is 15.4 Å². The van der Waals surface area contributed by atoms with Crippen molar-refractivity contribution in [1.29, 1.82) is 0 Å². The average molecular weight is 431 g/mol. The molecule has 4 rings (SSSR count). The molecule has 1 atom stereocenters. The Bertz CT molecular complexity index is 1070. The Hall–Kier alpha value is -3.64. The van der Waals surface area contributed by atoms with Crippen molar-refractivity contribution in [3.05, 3.63) is 89.5 Å². The number of nitrogens with one attached hydrogen (secondary N) is 2. The molecular formula is C26H26N2O4. The highest BCUT2D eigenvalue weighted by atomic mass is 16.5. The molecule has 1 aliphatic heterocycles. The van der Waals surface area contributed by atoms with Crippen molar-refractivity contribution in [1.82, 2.24) is 0 Å². The van der Waals surface area contributed by atoms with E-state index in [0.717, 1.165) is 25.0 Å². The van der Waals surface area contributed by atoms with Crippen LogP contribution in [0.5, 0.6) is 5.75 Å². The van der Waals surface area contributed by atoms with Crippen molar-refractivity contribution in [2.75, 3.05) is 23.8 Å². The van der Waals surface area contributed by atoms with Crippen molar-refractivity contribution in [2.45, 2.75) is 25.9 Å². The zero-order valence-electron chi connectivity index (χ0n) is 18.0. The van der Waals surface area contributed by atoms with E-state index in [1.165, 1.54) is 0 Å². The molecule has 0 saturated carbocycles. The first-order valence-electron chi connectivity index (χ1n) is 10.7. The van der Waals surface area contributed by atoms with Crippen LogP contribution in [-0.2, 0) is 4.74 Å². The van der Waals surface area contributed by atoms with Crippen LogP contribution >= 0.6 is 0 Å². The number of hydrogen-bond acceptors (Lipinski definition) is 4. The molecule has 0 aromatic heterocycles.